The van der Waals surface area contributed by atoms with Crippen molar-refractivity contribution < 1.29 is 19.4 Å². The molecule has 1 aromatic carbocycles. The fraction of sp³-hybridized carbons (Fsp3) is 0.250. The molecule has 7 heteroatoms. The number of hydrogen-bond acceptors (Lipinski definition) is 4. The molecule has 15 heavy (non-hydrogen) atoms. The van der Waals surface area contributed by atoms with Gasteiger partial charge in [0.1, 0.15) is 12.4 Å². The molecule has 0 heterocycles. The average molecular weight is 272 g/mol. The summed E-state index contributed by atoms with van der Waals surface area (Å²) in [4.78, 5) is 26.1. The fourth-order valence-electron chi connectivity index (χ4n) is 0.870. The molecule has 3 N–H and O–H groups in total. The molecule has 0 bridgehead atoms. The molecule has 1 aromatic rings. The minimum absolute atomic E-state index is 0.0291. The van der Waals surface area contributed by atoms with Gasteiger partial charge in [0.15, 0.2) is 6.16 Å². The Morgan fingerprint density at radius 3 is 2.40 bits per heavy atom. The van der Waals surface area contributed by atoms with Gasteiger partial charge in [-0.2, -0.15) is 14.7 Å². The molecular formula is C8H10Cl2O4P+. The molecule has 0 unspecified atom stereocenters. The van der Waals surface area contributed by atoms with Crippen molar-refractivity contribution in [2.75, 3.05) is 12.8 Å². The van der Waals surface area contributed by atoms with Gasteiger partial charge in [-0.3, -0.25) is 0 Å². The highest BCUT2D eigenvalue weighted by molar-refractivity contribution is 7.58. The highest BCUT2D eigenvalue weighted by Crippen LogP contribution is 2.43. The van der Waals surface area contributed by atoms with Gasteiger partial charge in [0.2, 0.25) is 0 Å². The van der Waals surface area contributed by atoms with E-state index < -0.39 is 7.94 Å². The summed E-state index contributed by atoms with van der Waals surface area (Å²) in [5, 5.41) is 0.820. The van der Waals surface area contributed by atoms with Crippen LogP contribution in [0.25, 0.3) is 0 Å². The van der Waals surface area contributed by atoms with Gasteiger partial charge in [-0.05, 0) is 18.2 Å². The first kappa shape index (κ1) is 13.0. The quantitative estimate of drug-likeness (QED) is 0.734. The van der Waals surface area contributed by atoms with E-state index in [1.807, 2.05) is 0 Å². The molecule has 0 aliphatic heterocycles. The standard InChI is InChI=1S/C8H10Cl2O4P/c9-6-1-2-8(7(10)5-6)14-3-4-15(11,12)13/h1-2,5,11-13H,3-4H2/q+1. The van der Waals surface area contributed by atoms with Crippen molar-refractivity contribution in [3.8, 4) is 5.75 Å². The topological polar surface area (TPSA) is 69.9 Å². The zero-order valence-electron chi connectivity index (χ0n) is 7.60. The van der Waals surface area contributed by atoms with Crippen LogP contribution in [0.15, 0.2) is 18.2 Å². The molecule has 0 atom stereocenters. The lowest BCUT2D eigenvalue weighted by atomic mass is 10.3. The molecule has 0 aromatic heterocycles. The van der Waals surface area contributed by atoms with Crippen LogP contribution in [-0.2, 0) is 0 Å². The molecule has 0 amide bonds. The molecule has 0 aliphatic rings. The molecular weight excluding hydrogens is 262 g/mol. The van der Waals surface area contributed by atoms with Crippen molar-refractivity contribution in [2.24, 2.45) is 0 Å². The van der Waals surface area contributed by atoms with Gasteiger partial charge in [0.25, 0.3) is 0 Å². The second-order valence-corrected chi connectivity index (χ2v) is 5.52. The van der Waals surface area contributed by atoms with E-state index in [-0.39, 0.29) is 12.8 Å². The van der Waals surface area contributed by atoms with Crippen LogP contribution >= 0.6 is 31.1 Å². The summed E-state index contributed by atoms with van der Waals surface area (Å²) in [6.07, 6.45) is -0.230. The van der Waals surface area contributed by atoms with Crippen molar-refractivity contribution in [1.82, 2.24) is 0 Å². The van der Waals surface area contributed by atoms with E-state index in [0.29, 0.717) is 15.8 Å². The predicted octanol–water partition coefficient (Wildman–Crippen LogP) is 2.11. The Morgan fingerprint density at radius 2 is 1.87 bits per heavy atom. The lowest BCUT2D eigenvalue weighted by Crippen LogP contribution is -2.07. The van der Waals surface area contributed by atoms with Gasteiger partial charge in [-0.15, -0.1) is 0 Å². The van der Waals surface area contributed by atoms with E-state index in [2.05, 4.69) is 0 Å². The Balaban J connectivity index is 2.51. The SMILES string of the molecule is O[P+](O)(O)CCOc1ccc(Cl)cc1Cl. The fourth-order valence-corrected chi connectivity index (χ4v) is 1.67. The van der Waals surface area contributed by atoms with Gasteiger partial charge < -0.3 is 4.74 Å². The van der Waals surface area contributed by atoms with E-state index in [9.17, 15) is 0 Å². The van der Waals surface area contributed by atoms with Crippen molar-refractivity contribution >= 4 is 31.1 Å². The summed E-state index contributed by atoms with van der Waals surface area (Å²) in [5.74, 6) is 0.384. The number of rotatable bonds is 4. The first-order valence-electron chi connectivity index (χ1n) is 4.03. The molecule has 1 rings (SSSR count). The Hall–Kier alpha value is -0.0900. The molecule has 0 saturated carbocycles. The normalized spacial score (nSPS) is 11.5. The number of benzene rings is 1. The molecule has 4 nitrogen and oxygen atoms in total. The summed E-state index contributed by atoms with van der Waals surface area (Å²) in [7, 11) is -3.77. The molecule has 0 saturated heterocycles. The third kappa shape index (κ3) is 4.98. The van der Waals surface area contributed by atoms with E-state index in [1.165, 1.54) is 6.07 Å². The highest BCUT2D eigenvalue weighted by atomic mass is 35.5. The predicted molar refractivity (Wildman–Crippen MR) is 60.4 cm³/mol. The molecule has 0 radical (unpaired) electrons. The molecule has 0 aliphatic carbocycles. The van der Waals surface area contributed by atoms with Gasteiger partial charge in [0.05, 0.1) is 5.02 Å². The van der Waals surface area contributed by atoms with Crippen LogP contribution < -0.4 is 4.74 Å². The Bertz CT molecular complexity index is 340. The van der Waals surface area contributed by atoms with Gasteiger partial charge in [-0.25, -0.2) is 0 Å². The number of halogens is 2. The summed E-state index contributed by atoms with van der Waals surface area (Å²) in [6, 6.07) is 4.68. The summed E-state index contributed by atoms with van der Waals surface area (Å²) >= 11 is 11.5. The highest BCUT2D eigenvalue weighted by Gasteiger charge is 2.29. The van der Waals surface area contributed by atoms with Crippen LogP contribution in [0.4, 0.5) is 0 Å². The van der Waals surface area contributed by atoms with Crippen LogP contribution in [0.3, 0.4) is 0 Å². The van der Waals surface area contributed by atoms with Crippen molar-refractivity contribution in [1.29, 1.82) is 0 Å². The summed E-state index contributed by atoms with van der Waals surface area (Å²) in [5.41, 5.74) is 0. The van der Waals surface area contributed by atoms with Crippen LogP contribution in [0.2, 0.25) is 10.0 Å². The lowest BCUT2D eigenvalue weighted by molar-refractivity contribution is 0.294. The van der Waals surface area contributed by atoms with Crippen LogP contribution in [0, 0.1) is 0 Å². The summed E-state index contributed by atoms with van der Waals surface area (Å²) in [6.45, 7) is -0.0291. The van der Waals surface area contributed by atoms with Crippen LogP contribution in [0.1, 0.15) is 0 Å². The van der Waals surface area contributed by atoms with E-state index in [0.717, 1.165) is 0 Å². The van der Waals surface area contributed by atoms with Crippen molar-refractivity contribution in [3.05, 3.63) is 28.2 Å². The second-order valence-electron chi connectivity index (χ2n) is 2.84. The van der Waals surface area contributed by atoms with Crippen molar-refractivity contribution in [2.45, 2.75) is 0 Å². The first-order valence-corrected chi connectivity index (χ1v) is 6.61. The smallest absolute Gasteiger partial charge is 0.407 e. The monoisotopic (exact) mass is 271 g/mol. The zero-order valence-corrected chi connectivity index (χ0v) is 10.0. The largest absolute Gasteiger partial charge is 0.488 e. The van der Waals surface area contributed by atoms with Gasteiger partial charge in [-0.1, -0.05) is 23.2 Å². The molecule has 0 fully saturated rings. The van der Waals surface area contributed by atoms with Gasteiger partial charge >= 0.3 is 7.94 Å². The zero-order chi connectivity index (χ0) is 11.5. The number of hydrogen-bond donors (Lipinski definition) is 3. The number of ether oxygens (including phenoxy) is 1. The Morgan fingerprint density at radius 1 is 1.20 bits per heavy atom. The second kappa shape index (κ2) is 5.30. The van der Waals surface area contributed by atoms with E-state index >= 15 is 0 Å². The lowest BCUT2D eigenvalue weighted by Gasteiger charge is -2.08. The third-order valence-electron chi connectivity index (χ3n) is 1.54. The maximum absolute atomic E-state index is 8.70. The molecule has 84 valence electrons. The molecule has 0 spiro atoms. The maximum Gasteiger partial charge on any atom is 0.407 e. The van der Waals surface area contributed by atoms with Crippen LogP contribution in [-0.4, -0.2) is 27.4 Å². The first-order chi connectivity index (χ1) is 6.88. The third-order valence-corrected chi connectivity index (χ3v) is 2.86. The average Bonchev–Trinajstić information content (AvgIpc) is 2.07. The Kier molecular flexibility index (Phi) is 4.59. The van der Waals surface area contributed by atoms with Crippen LogP contribution in [0.5, 0.6) is 5.75 Å². The van der Waals surface area contributed by atoms with E-state index in [1.54, 1.807) is 12.1 Å². The Labute approximate surface area is 97.6 Å². The minimum Gasteiger partial charge on any atom is -0.488 e. The van der Waals surface area contributed by atoms with Crippen molar-refractivity contribution in [3.63, 3.8) is 0 Å². The summed E-state index contributed by atoms with van der Waals surface area (Å²) < 4.78 is 5.12. The maximum atomic E-state index is 8.70. The minimum atomic E-state index is -3.77. The van der Waals surface area contributed by atoms with Gasteiger partial charge in [0, 0.05) is 5.02 Å². The van der Waals surface area contributed by atoms with E-state index in [4.69, 9.17) is 42.6 Å².